The molecule has 8 nitrogen and oxygen atoms in total. The zero-order chi connectivity index (χ0) is 23.8. The number of carbonyl (C=O) groups is 1. The maximum Gasteiger partial charge on any atom is 0.222 e. The number of rotatable bonds is 6. The van der Waals surface area contributed by atoms with Crippen molar-refractivity contribution < 1.29 is 4.79 Å². The number of fused-ring (bicyclic) bond motifs is 3. The van der Waals surface area contributed by atoms with Gasteiger partial charge in [0.2, 0.25) is 5.91 Å². The van der Waals surface area contributed by atoms with E-state index in [9.17, 15) is 4.79 Å². The van der Waals surface area contributed by atoms with Crippen LogP contribution in [0.25, 0.3) is 5.00 Å². The third kappa shape index (κ3) is 4.25. The zero-order valence-electron chi connectivity index (χ0n) is 19.3. The molecule has 0 fully saturated rings. The van der Waals surface area contributed by atoms with Crippen LogP contribution in [-0.2, 0) is 11.2 Å². The number of imidazole rings is 1. The molecule has 0 unspecified atom stereocenters. The lowest BCUT2D eigenvalue weighted by Gasteiger charge is -2.19. The molecule has 1 aliphatic carbocycles. The van der Waals surface area contributed by atoms with Gasteiger partial charge in [0.25, 0.3) is 0 Å². The van der Waals surface area contributed by atoms with E-state index < -0.39 is 6.04 Å². The highest BCUT2D eigenvalue weighted by molar-refractivity contribution is 7.15. The van der Waals surface area contributed by atoms with E-state index >= 15 is 0 Å². The summed E-state index contributed by atoms with van der Waals surface area (Å²) in [6.07, 6.45) is 11.1. The minimum Gasteiger partial charge on any atom is -0.356 e. The van der Waals surface area contributed by atoms with Crippen molar-refractivity contribution in [1.29, 1.82) is 0 Å². The number of thiophene rings is 1. The van der Waals surface area contributed by atoms with Crippen LogP contribution in [0.4, 0.5) is 0 Å². The normalized spacial score (nSPS) is 19.2. The van der Waals surface area contributed by atoms with Crippen LogP contribution < -0.4 is 5.32 Å². The molecule has 2 aliphatic rings. The Morgan fingerprint density at radius 2 is 2.18 bits per heavy atom. The van der Waals surface area contributed by atoms with Gasteiger partial charge in [-0.3, -0.25) is 14.4 Å². The predicted octanol–water partition coefficient (Wildman–Crippen LogP) is 4.27. The van der Waals surface area contributed by atoms with Crippen LogP contribution in [-0.4, -0.2) is 42.9 Å². The molecule has 1 amide bonds. The highest BCUT2D eigenvalue weighted by atomic mass is 35.5. The van der Waals surface area contributed by atoms with Crippen molar-refractivity contribution in [1.82, 2.24) is 30.0 Å². The number of carbonyl (C=O) groups excluding carboxylic acids is 1. The Bertz CT molecular complexity index is 1320. The minimum absolute atomic E-state index is 0.0767. The maximum absolute atomic E-state index is 12.9. The van der Waals surface area contributed by atoms with Crippen LogP contribution in [0.2, 0.25) is 0 Å². The number of H-pyrrole nitrogens is 1. The molecular formula is C24H26ClN7OS. The molecule has 0 bridgehead atoms. The Morgan fingerprint density at radius 3 is 2.91 bits per heavy atom. The molecule has 3 aromatic heterocycles. The van der Waals surface area contributed by atoms with Gasteiger partial charge in [0.1, 0.15) is 22.7 Å². The first-order valence-electron chi connectivity index (χ1n) is 11.3. The summed E-state index contributed by atoms with van der Waals surface area (Å²) in [5.74, 6) is 2.34. The van der Waals surface area contributed by atoms with Crippen LogP contribution in [0.15, 0.2) is 40.6 Å². The molecule has 0 spiro atoms. The third-order valence-electron chi connectivity index (χ3n) is 6.29. The van der Waals surface area contributed by atoms with Gasteiger partial charge in [0, 0.05) is 46.8 Å². The number of aliphatic imine (C=N–C) groups is 1. The van der Waals surface area contributed by atoms with Gasteiger partial charge in [-0.05, 0) is 38.8 Å². The highest BCUT2D eigenvalue weighted by Gasteiger charge is 2.34. The molecule has 5 rings (SSSR count). The number of hydrogen-bond donors (Lipinski definition) is 2. The number of aromatic amines is 1. The monoisotopic (exact) mass is 495 g/mol. The summed E-state index contributed by atoms with van der Waals surface area (Å²) < 4.78 is 2.08. The molecule has 2 atom stereocenters. The molecule has 0 radical (unpaired) electrons. The van der Waals surface area contributed by atoms with Gasteiger partial charge in [-0.25, -0.2) is 4.98 Å². The predicted molar refractivity (Wildman–Crippen MR) is 134 cm³/mol. The molecule has 0 saturated carbocycles. The van der Waals surface area contributed by atoms with Crippen molar-refractivity contribution in [3.8, 4) is 5.00 Å². The van der Waals surface area contributed by atoms with Crippen molar-refractivity contribution in [2.24, 2.45) is 10.9 Å². The molecule has 3 aromatic rings. The van der Waals surface area contributed by atoms with E-state index in [0.29, 0.717) is 18.8 Å². The molecule has 0 aromatic carbocycles. The van der Waals surface area contributed by atoms with E-state index in [1.807, 2.05) is 19.1 Å². The lowest BCUT2D eigenvalue weighted by Crippen LogP contribution is -2.28. The second-order valence-electron chi connectivity index (χ2n) is 8.56. The Morgan fingerprint density at radius 1 is 1.32 bits per heavy atom. The van der Waals surface area contributed by atoms with Crippen molar-refractivity contribution in [3.05, 3.63) is 69.1 Å². The summed E-state index contributed by atoms with van der Waals surface area (Å²) in [5.41, 5.74) is 3.30. The quantitative estimate of drug-likeness (QED) is 0.533. The van der Waals surface area contributed by atoms with Gasteiger partial charge in [-0.15, -0.1) is 21.5 Å². The summed E-state index contributed by atoms with van der Waals surface area (Å²) in [4.78, 5) is 26.6. The van der Waals surface area contributed by atoms with Crippen molar-refractivity contribution >= 4 is 34.6 Å². The largest absolute Gasteiger partial charge is 0.356 e. The number of hydrogen-bond acceptors (Lipinski definition) is 6. The number of aryl methyl sites for hydroxylation is 2. The first kappa shape index (κ1) is 22.7. The second-order valence-corrected chi connectivity index (χ2v) is 10.2. The van der Waals surface area contributed by atoms with Gasteiger partial charge in [0.15, 0.2) is 5.82 Å². The third-order valence-corrected chi connectivity index (χ3v) is 7.76. The van der Waals surface area contributed by atoms with E-state index in [2.05, 4.69) is 50.0 Å². The smallest absolute Gasteiger partial charge is 0.222 e. The zero-order valence-corrected chi connectivity index (χ0v) is 20.9. The summed E-state index contributed by atoms with van der Waals surface area (Å²) in [7, 11) is 0. The van der Waals surface area contributed by atoms with Crippen molar-refractivity contribution in [3.63, 3.8) is 0 Å². The maximum atomic E-state index is 12.9. The number of nitrogens with zero attached hydrogens (tertiary/aromatic N) is 5. The van der Waals surface area contributed by atoms with Gasteiger partial charge < -0.3 is 10.3 Å². The van der Waals surface area contributed by atoms with E-state index in [4.69, 9.17) is 16.6 Å². The van der Waals surface area contributed by atoms with E-state index in [1.54, 1.807) is 23.7 Å². The fourth-order valence-electron chi connectivity index (χ4n) is 4.42. The van der Waals surface area contributed by atoms with E-state index in [1.165, 1.54) is 10.4 Å². The first-order chi connectivity index (χ1) is 16.4. The van der Waals surface area contributed by atoms with Crippen molar-refractivity contribution in [2.75, 3.05) is 6.54 Å². The topological polar surface area (TPSA) is 101 Å². The Hall–Kier alpha value is -3.04. The Labute approximate surface area is 206 Å². The lowest BCUT2D eigenvalue weighted by molar-refractivity contribution is -0.121. The van der Waals surface area contributed by atoms with Crippen LogP contribution in [0, 0.1) is 26.7 Å². The standard InChI is InChI=1S/C24H26ClN7OS/c1-13-14(2)34-24-21(13)22(16-4-6-17(25)7-5-16)29-18(23-31-30-15(3)32(23)24)12-20(33)28-9-8-19-26-10-11-27-19/h4,6-7,10-11,16,18H,5,8-9,12H2,1-3H3,(H,26,27)(H,28,33)/t16-,18-/m0/s1. The molecule has 4 heterocycles. The first-order valence-corrected chi connectivity index (χ1v) is 12.5. The average Bonchev–Trinajstić information content (AvgIpc) is 3.51. The van der Waals surface area contributed by atoms with Gasteiger partial charge in [-0.2, -0.15) is 0 Å². The highest BCUT2D eigenvalue weighted by Crippen LogP contribution is 2.40. The molecular weight excluding hydrogens is 470 g/mol. The molecule has 1 aliphatic heterocycles. The van der Waals surface area contributed by atoms with Crippen LogP contribution in [0.3, 0.4) is 0 Å². The van der Waals surface area contributed by atoms with E-state index in [-0.39, 0.29) is 18.2 Å². The summed E-state index contributed by atoms with van der Waals surface area (Å²) in [5, 5.41) is 13.6. The summed E-state index contributed by atoms with van der Waals surface area (Å²) in [6.45, 7) is 6.71. The number of nitrogens with one attached hydrogen (secondary N) is 2. The SMILES string of the molecule is Cc1sc2c(c1C)C([C@H]1C=CC(Cl)=CC1)=N[C@@H](CC(=O)NCCc1ncc[nH]1)c1nnc(C)n1-2. The molecule has 10 heteroatoms. The van der Waals surface area contributed by atoms with Crippen LogP contribution >= 0.6 is 22.9 Å². The number of amides is 1. The number of halogens is 1. The van der Waals surface area contributed by atoms with Gasteiger partial charge in [0.05, 0.1) is 12.1 Å². The van der Waals surface area contributed by atoms with Crippen LogP contribution in [0.1, 0.15) is 52.4 Å². The molecule has 2 N–H and O–H groups in total. The average molecular weight is 496 g/mol. The van der Waals surface area contributed by atoms with Crippen molar-refractivity contribution in [2.45, 2.75) is 46.1 Å². The Balaban J connectivity index is 1.49. The summed E-state index contributed by atoms with van der Waals surface area (Å²) in [6, 6.07) is -0.436. The second kappa shape index (κ2) is 9.31. The van der Waals surface area contributed by atoms with Gasteiger partial charge >= 0.3 is 0 Å². The number of allylic oxidation sites excluding steroid dienone is 4. The fraction of sp³-hybridized carbons (Fsp3) is 0.375. The number of aromatic nitrogens is 5. The minimum atomic E-state index is -0.436. The molecule has 176 valence electrons. The van der Waals surface area contributed by atoms with Gasteiger partial charge in [-0.1, -0.05) is 23.8 Å². The molecule has 0 saturated heterocycles. The van der Waals surface area contributed by atoms with E-state index in [0.717, 1.165) is 39.4 Å². The fourth-order valence-corrected chi connectivity index (χ4v) is 5.81. The lowest BCUT2D eigenvalue weighted by atomic mass is 9.89. The summed E-state index contributed by atoms with van der Waals surface area (Å²) >= 11 is 7.92. The Kier molecular flexibility index (Phi) is 6.22. The molecule has 34 heavy (non-hydrogen) atoms. The van der Waals surface area contributed by atoms with Crippen LogP contribution in [0.5, 0.6) is 0 Å².